The third kappa shape index (κ3) is 4.85. The first-order valence-electron chi connectivity index (χ1n) is 7.67. The second-order valence-electron chi connectivity index (χ2n) is 5.71. The van der Waals surface area contributed by atoms with E-state index in [9.17, 15) is 0 Å². The number of thioether (sulfide) groups is 1. The molecule has 2 rings (SSSR count). The predicted octanol–water partition coefficient (Wildman–Crippen LogP) is 4.57. The first-order chi connectivity index (χ1) is 9.29. The first kappa shape index (κ1) is 14.9. The monoisotopic (exact) mass is 277 g/mol. The molecule has 1 nitrogen and oxygen atoms in total. The molecule has 19 heavy (non-hydrogen) atoms. The summed E-state index contributed by atoms with van der Waals surface area (Å²) in [5.41, 5.74) is 2.82. The summed E-state index contributed by atoms with van der Waals surface area (Å²) in [5.74, 6) is 3.63. The Balaban J connectivity index is 1.99. The van der Waals surface area contributed by atoms with Crippen molar-refractivity contribution in [3.8, 4) is 0 Å². The molecule has 1 aliphatic rings. The molecule has 0 radical (unpaired) electrons. The summed E-state index contributed by atoms with van der Waals surface area (Å²) in [4.78, 5) is 0. The molecule has 0 aliphatic carbocycles. The maximum Gasteiger partial charge on any atom is 0.0322 e. The molecule has 0 aromatic heterocycles. The fourth-order valence-corrected chi connectivity index (χ4v) is 3.97. The van der Waals surface area contributed by atoms with E-state index in [0.29, 0.717) is 6.04 Å². The van der Waals surface area contributed by atoms with Crippen LogP contribution < -0.4 is 5.32 Å². The largest absolute Gasteiger partial charge is 0.310 e. The molecular weight excluding hydrogens is 250 g/mol. The maximum absolute atomic E-state index is 3.75. The van der Waals surface area contributed by atoms with E-state index in [0.717, 1.165) is 12.5 Å². The highest BCUT2D eigenvalue weighted by molar-refractivity contribution is 7.99. The molecule has 0 bridgehead atoms. The van der Waals surface area contributed by atoms with Crippen LogP contribution in [0.4, 0.5) is 0 Å². The van der Waals surface area contributed by atoms with Crippen LogP contribution in [0.5, 0.6) is 0 Å². The highest BCUT2D eigenvalue weighted by Gasteiger charge is 2.19. The Kier molecular flexibility index (Phi) is 6.25. The first-order valence-corrected chi connectivity index (χ1v) is 8.82. The van der Waals surface area contributed by atoms with Crippen LogP contribution >= 0.6 is 11.8 Å². The van der Waals surface area contributed by atoms with Gasteiger partial charge in [0, 0.05) is 6.04 Å². The lowest BCUT2D eigenvalue weighted by Crippen LogP contribution is -2.25. The van der Waals surface area contributed by atoms with Crippen molar-refractivity contribution in [1.29, 1.82) is 0 Å². The topological polar surface area (TPSA) is 12.0 Å². The molecule has 1 fully saturated rings. The molecule has 1 atom stereocenters. The van der Waals surface area contributed by atoms with E-state index >= 15 is 0 Å². The van der Waals surface area contributed by atoms with Gasteiger partial charge >= 0.3 is 0 Å². The van der Waals surface area contributed by atoms with Crippen LogP contribution in [-0.2, 0) is 0 Å². The van der Waals surface area contributed by atoms with Crippen LogP contribution in [0.1, 0.15) is 49.8 Å². The Labute approximate surface area is 122 Å². The fraction of sp³-hybridized carbons (Fsp3) is 0.647. The molecule has 0 amide bonds. The lowest BCUT2D eigenvalue weighted by atomic mass is 9.90. The van der Waals surface area contributed by atoms with Gasteiger partial charge < -0.3 is 5.32 Å². The van der Waals surface area contributed by atoms with E-state index in [1.807, 2.05) is 0 Å². The van der Waals surface area contributed by atoms with Gasteiger partial charge in [-0.3, -0.25) is 0 Å². The third-order valence-corrected chi connectivity index (χ3v) is 5.08. The quantitative estimate of drug-likeness (QED) is 0.817. The SMILES string of the molecule is CCCNC(CC1CCSCC1)c1ccc(C)cc1. The van der Waals surface area contributed by atoms with E-state index in [2.05, 4.69) is 55.2 Å². The Bertz CT molecular complexity index is 354. The number of hydrogen-bond donors (Lipinski definition) is 1. The summed E-state index contributed by atoms with van der Waals surface area (Å²) < 4.78 is 0. The van der Waals surface area contributed by atoms with Gasteiger partial charge in [-0.15, -0.1) is 0 Å². The summed E-state index contributed by atoms with van der Waals surface area (Å²) in [6.45, 7) is 5.53. The summed E-state index contributed by atoms with van der Waals surface area (Å²) in [6, 6.07) is 9.65. The minimum Gasteiger partial charge on any atom is -0.310 e. The van der Waals surface area contributed by atoms with Gasteiger partial charge in [0.05, 0.1) is 0 Å². The number of benzene rings is 1. The van der Waals surface area contributed by atoms with Crippen molar-refractivity contribution in [2.24, 2.45) is 5.92 Å². The van der Waals surface area contributed by atoms with Gasteiger partial charge in [-0.25, -0.2) is 0 Å². The minimum atomic E-state index is 0.550. The lowest BCUT2D eigenvalue weighted by Gasteiger charge is -2.27. The molecule has 1 aromatic rings. The zero-order chi connectivity index (χ0) is 13.5. The Hall–Kier alpha value is -0.470. The third-order valence-electron chi connectivity index (χ3n) is 4.03. The molecule has 1 saturated heterocycles. The van der Waals surface area contributed by atoms with E-state index < -0.39 is 0 Å². The van der Waals surface area contributed by atoms with E-state index in [1.165, 1.54) is 48.3 Å². The van der Waals surface area contributed by atoms with Gasteiger partial charge in [0.25, 0.3) is 0 Å². The highest BCUT2D eigenvalue weighted by Crippen LogP contribution is 2.31. The summed E-state index contributed by atoms with van der Waals surface area (Å²) in [5, 5.41) is 3.75. The smallest absolute Gasteiger partial charge is 0.0322 e. The Morgan fingerprint density at radius 2 is 1.89 bits per heavy atom. The van der Waals surface area contributed by atoms with E-state index in [1.54, 1.807) is 0 Å². The highest BCUT2D eigenvalue weighted by atomic mass is 32.2. The van der Waals surface area contributed by atoms with Crippen molar-refractivity contribution in [2.45, 2.75) is 45.6 Å². The van der Waals surface area contributed by atoms with Crippen molar-refractivity contribution in [3.05, 3.63) is 35.4 Å². The van der Waals surface area contributed by atoms with Crippen LogP contribution in [0.15, 0.2) is 24.3 Å². The molecule has 0 spiro atoms. The number of aryl methyl sites for hydroxylation is 1. The van der Waals surface area contributed by atoms with Crippen LogP contribution in [-0.4, -0.2) is 18.1 Å². The summed E-state index contributed by atoms with van der Waals surface area (Å²) in [7, 11) is 0. The van der Waals surface area contributed by atoms with Crippen molar-refractivity contribution in [1.82, 2.24) is 5.32 Å². The fourth-order valence-electron chi connectivity index (χ4n) is 2.77. The van der Waals surface area contributed by atoms with Crippen molar-refractivity contribution >= 4 is 11.8 Å². The molecule has 1 aliphatic heterocycles. The van der Waals surface area contributed by atoms with E-state index in [4.69, 9.17) is 0 Å². The zero-order valence-corrected chi connectivity index (χ0v) is 13.1. The average Bonchev–Trinajstić information content (AvgIpc) is 2.45. The number of hydrogen-bond acceptors (Lipinski definition) is 2. The number of nitrogens with one attached hydrogen (secondary N) is 1. The maximum atomic E-state index is 3.75. The van der Waals surface area contributed by atoms with Gasteiger partial charge in [0.1, 0.15) is 0 Å². The Morgan fingerprint density at radius 1 is 1.21 bits per heavy atom. The second kappa shape index (κ2) is 7.96. The second-order valence-corrected chi connectivity index (χ2v) is 6.93. The van der Waals surface area contributed by atoms with Gasteiger partial charge in [-0.2, -0.15) is 11.8 Å². The average molecular weight is 277 g/mol. The molecule has 2 heteroatoms. The van der Waals surface area contributed by atoms with Crippen molar-refractivity contribution in [3.63, 3.8) is 0 Å². The van der Waals surface area contributed by atoms with Crippen LogP contribution in [0.2, 0.25) is 0 Å². The summed E-state index contributed by atoms with van der Waals surface area (Å²) >= 11 is 2.12. The van der Waals surface area contributed by atoms with Crippen molar-refractivity contribution < 1.29 is 0 Å². The standard InChI is InChI=1S/C17H27NS/c1-3-10-18-17(13-15-8-11-19-12-9-15)16-6-4-14(2)5-7-16/h4-7,15,17-18H,3,8-13H2,1-2H3. The molecule has 0 saturated carbocycles. The Morgan fingerprint density at radius 3 is 2.53 bits per heavy atom. The molecule has 1 unspecified atom stereocenters. The minimum absolute atomic E-state index is 0.550. The van der Waals surface area contributed by atoms with Crippen LogP contribution in [0.3, 0.4) is 0 Å². The molecular formula is C17H27NS. The predicted molar refractivity (Wildman–Crippen MR) is 86.9 cm³/mol. The molecule has 1 N–H and O–H groups in total. The lowest BCUT2D eigenvalue weighted by molar-refractivity contribution is 0.370. The normalized spacial score (nSPS) is 18.4. The number of rotatable bonds is 6. The molecule has 106 valence electrons. The zero-order valence-electron chi connectivity index (χ0n) is 12.3. The van der Waals surface area contributed by atoms with Crippen molar-refractivity contribution in [2.75, 3.05) is 18.1 Å². The molecule has 1 aromatic carbocycles. The summed E-state index contributed by atoms with van der Waals surface area (Å²) in [6.07, 6.45) is 5.33. The van der Waals surface area contributed by atoms with Gasteiger partial charge in [-0.1, -0.05) is 36.8 Å². The van der Waals surface area contributed by atoms with Gasteiger partial charge in [-0.05, 0) is 62.1 Å². The van der Waals surface area contributed by atoms with Gasteiger partial charge in [0.15, 0.2) is 0 Å². The van der Waals surface area contributed by atoms with Crippen LogP contribution in [0, 0.1) is 12.8 Å². The van der Waals surface area contributed by atoms with E-state index in [-0.39, 0.29) is 0 Å². The molecule has 1 heterocycles. The van der Waals surface area contributed by atoms with Gasteiger partial charge in [0.2, 0.25) is 0 Å². The van der Waals surface area contributed by atoms with Crippen LogP contribution in [0.25, 0.3) is 0 Å².